The summed E-state index contributed by atoms with van der Waals surface area (Å²) in [6.45, 7) is 0.664. The van der Waals surface area contributed by atoms with Gasteiger partial charge in [0.2, 0.25) is 5.91 Å². The van der Waals surface area contributed by atoms with E-state index in [4.69, 9.17) is 14.2 Å². The molecular formula is C21H23N3O4S. The maximum atomic E-state index is 12.4. The zero-order valence-corrected chi connectivity index (χ0v) is 17.4. The number of anilines is 1. The number of carbonyl (C=O) groups excluding carboxylic acids is 1. The summed E-state index contributed by atoms with van der Waals surface area (Å²) in [5, 5.41) is 3.64. The molecule has 29 heavy (non-hydrogen) atoms. The largest absolute Gasteiger partial charge is 0.497 e. The maximum absolute atomic E-state index is 12.4. The number of ether oxygens (including phenoxy) is 3. The van der Waals surface area contributed by atoms with E-state index in [9.17, 15) is 4.79 Å². The van der Waals surface area contributed by atoms with E-state index in [1.807, 2.05) is 35.0 Å². The Morgan fingerprint density at radius 3 is 2.45 bits per heavy atom. The molecule has 0 unspecified atom stereocenters. The molecule has 0 aliphatic heterocycles. The number of benzene rings is 2. The van der Waals surface area contributed by atoms with E-state index < -0.39 is 0 Å². The van der Waals surface area contributed by atoms with Gasteiger partial charge in [-0.25, -0.2) is 4.98 Å². The number of hydrogen-bond donors (Lipinski definition) is 1. The van der Waals surface area contributed by atoms with E-state index in [1.54, 1.807) is 45.7 Å². The van der Waals surface area contributed by atoms with E-state index in [0.29, 0.717) is 23.7 Å². The van der Waals surface area contributed by atoms with Crippen molar-refractivity contribution in [1.82, 2.24) is 9.55 Å². The summed E-state index contributed by atoms with van der Waals surface area (Å²) in [4.78, 5) is 16.8. The predicted octanol–water partition coefficient (Wildman–Crippen LogP) is 3.69. The average molecular weight is 413 g/mol. The molecule has 0 bridgehead atoms. The average Bonchev–Trinajstić information content (AvgIpc) is 3.19. The lowest BCUT2D eigenvalue weighted by molar-refractivity contribution is -0.113. The summed E-state index contributed by atoms with van der Waals surface area (Å²) in [7, 11) is 4.78. The molecule has 0 radical (unpaired) electrons. The molecule has 8 heteroatoms. The van der Waals surface area contributed by atoms with Crippen molar-refractivity contribution in [3.8, 4) is 17.2 Å². The monoisotopic (exact) mass is 413 g/mol. The van der Waals surface area contributed by atoms with Crippen LogP contribution in [0.2, 0.25) is 0 Å². The van der Waals surface area contributed by atoms with E-state index in [-0.39, 0.29) is 11.7 Å². The van der Waals surface area contributed by atoms with Gasteiger partial charge in [0.25, 0.3) is 0 Å². The number of rotatable bonds is 9. The van der Waals surface area contributed by atoms with Gasteiger partial charge in [0, 0.05) is 25.0 Å². The van der Waals surface area contributed by atoms with Crippen molar-refractivity contribution in [3.63, 3.8) is 0 Å². The molecule has 152 valence electrons. The second kappa shape index (κ2) is 9.88. The van der Waals surface area contributed by atoms with Gasteiger partial charge in [-0.1, -0.05) is 23.9 Å². The van der Waals surface area contributed by atoms with Crippen molar-refractivity contribution in [2.24, 2.45) is 0 Å². The number of carbonyl (C=O) groups is 1. The number of aromatic nitrogens is 2. The lowest BCUT2D eigenvalue weighted by atomic mass is 10.2. The zero-order chi connectivity index (χ0) is 20.6. The Bertz CT molecular complexity index is 957. The molecule has 0 fully saturated rings. The van der Waals surface area contributed by atoms with Crippen LogP contribution in [0.15, 0.2) is 60.0 Å². The molecule has 3 rings (SSSR count). The Labute approximate surface area is 174 Å². The van der Waals surface area contributed by atoms with Crippen LogP contribution in [0.3, 0.4) is 0 Å². The van der Waals surface area contributed by atoms with Gasteiger partial charge in [0.15, 0.2) is 5.16 Å². The highest BCUT2D eigenvalue weighted by atomic mass is 32.2. The van der Waals surface area contributed by atoms with Crippen LogP contribution in [0.4, 0.5) is 5.69 Å². The van der Waals surface area contributed by atoms with Crippen molar-refractivity contribution >= 4 is 23.4 Å². The van der Waals surface area contributed by atoms with Crippen molar-refractivity contribution in [1.29, 1.82) is 0 Å². The SMILES string of the molecule is COc1ccc(Cn2ccnc2SCC(=O)Nc2cc(OC)ccc2OC)cc1. The summed E-state index contributed by atoms with van der Waals surface area (Å²) in [6, 6.07) is 13.1. The van der Waals surface area contributed by atoms with Gasteiger partial charge in [0.1, 0.15) is 17.2 Å². The standard InChI is InChI=1S/C21H23N3O4S/c1-26-16-6-4-15(5-7-16)13-24-11-10-22-21(24)29-14-20(25)23-18-12-17(27-2)8-9-19(18)28-3/h4-12H,13-14H2,1-3H3,(H,23,25). The summed E-state index contributed by atoms with van der Waals surface area (Å²) in [6.07, 6.45) is 3.63. The van der Waals surface area contributed by atoms with Crippen LogP contribution < -0.4 is 19.5 Å². The predicted molar refractivity (Wildman–Crippen MR) is 113 cm³/mol. The molecular weight excluding hydrogens is 390 g/mol. The van der Waals surface area contributed by atoms with E-state index in [2.05, 4.69) is 10.3 Å². The molecule has 1 amide bonds. The third-order valence-corrected chi connectivity index (χ3v) is 5.21. The Balaban J connectivity index is 1.60. The van der Waals surface area contributed by atoms with Gasteiger partial charge in [-0.2, -0.15) is 0 Å². The molecule has 0 atom stereocenters. The number of imidazole rings is 1. The molecule has 2 aromatic carbocycles. The fourth-order valence-electron chi connectivity index (χ4n) is 2.71. The number of nitrogens with zero attached hydrogens (tertiary/aromatic N) is 2. The van der Waals surface area contributed by atoms with Gasteiger partial charge >= 0.3 is 0 Å². The number of thioether (sulfide) groups is 1. The Kier molecular flexibility index (Phi) is 7.02. The third-order valence-electron chi connectivity index (χ3n) is 4.20. The maximum Gasteiger partial charge on any atom is 0.234 e. The Morgan fingerprint density at radius 1 is 1.03 bits per heavy atom. The summed E-state index contributed by atoms with van der Waals surface area (Å²) >= 11 is 1.37. The fourth-order valence-corrected chi connectivity index (χ4v) is 3.47. The summed E-state index contributed by atoms with van der Waals surface area (Å²) in [5.41, 5.74) is 1.69. The molecule has 3 aromatic rings. The molecule has 1 N–H and O–H groups in total. The first kappa shape index (κ1) is 20.6. The molecule has 1 aromatic heterocycles. The Hall–Kier alpha value is -3.13. The molecule has 0 aliphatic carbocycles. The van der Waals surface area contributed by atoms with Gasteiger partial charge in [-0.05, 0) is 29.8 Å². The lowest BCUT2D eigenvalue weighted by Gasteiger charge is -2.12. The van der Waals surface area contributed by atoms with Gasteiger partial charge < -0.3 is 24.1 Å². The molecule has 0 aliphatic rings. The highest BCUT2D eigenvalue weighted by molar-refractivity contribution is 7.99. The van der Waals surface area contributed by atoms with Crippen LogP contribution >= 0.6 is 11.8 Å². The summed E-state index contributed by atoms with van der Waals surface area (Å²) < 4.78 is 17.7. The number of hydrogen-bond acceptors (Lipinski definition) is 6. The highest BCUT2D eigenvalue weighted by Crippen LogP contribution is 2.29. The van der Waals surface area contributed by atoms with Crippen molar-refractivity contribution in [2.75, 3.05) is 32.4 Å². The molecule has 0 saturated carbocycles. The van der Waals surface area contributed by atoms with Crippen LogP contribution in [0.5, 0.6) is 17.2 Å². The van der Waals surface area contributed by atoms with Gasteiger partial charge in [-0.3, -0.25) is 4.79 Å². The highest BCUT2D eigenvalue weighted by Gasteiger charge is 2.12. The van der Waals surface area contributed by atoms with Crippen molar-refractivity contribution < 1.29 is 19.0 Å². The Morgan fingerprint density at radius 2 is 1.76 bits per heavy atom. The smallest absolute Gasteiger partial charge is 0.234 e. The van der Waals surface area contributed by atoms with Crippen LogP contribution in [-0.4, -0.2) is 42.5 Å². The summed E-state index contributed by atoms with van der Waals surface area (Å²) in [5.74, 6) is 2.10. The van der Waals surface area contributed by atoms with Crippen LogP contribution in [0.25, 0.3) is 0 Å². The van der Waals surface area contributed by atoms with Crippen molar-refractivity contribution in [3.05, 3.63) is 60.4 Å². The molecule has 1 heterocycles. The third kappa shape index (κ3) is 5.45. The quantitative estimate of drug-likeness (QED) is 0.540. The first-order valence-corrected chi connectivity index (χ1v) is 9.90. The lowest BCUT2D eigenvalue weighted by Crippen LogP contribution is -2.15. The molecule has 7 nitrogen and oxygen atoms in total. The van der Waals surface area contributed by atoms with Crippen molar-refractivity contribution in [2.45, 2.75) is 11.7 Å². The van der Waals surface area contributed by atoms with E-state index in [0.717, 1.165) is 16.5 Å². The minimum absolute atomic E-state index is 0.152. The normalized spacial score (nSPS) is 10.4. The number of nitrogens with one attached hydrogen (secondary N) is 1. The number of methoxy groups -OCH3 is 3. The van der Waals surface area contributed by atoms with E-state index >= 15 is 0 Å². The molecule has 0 spiro atoms. The second-order valence-corrected chi connectivity index (χ2v) is 7.03. The fraction of sp³-hybridized carbons (Fsp3) is 0.238. The first-order valence-electron chi connectivity index (χ1n) is 8.91. The van der Waals surface area contributed by atoms with Crippen LogP contribution in [0.1, 0.15) is 5.56 Å². The minimum Gasteiger partial charge on any atom is -0.497 e. The first-order chi connectivity index (χ1) is 14.1. The topological polar surface area (TPSA) is 74.6 Å². The van der Waals surface area contributed by atoms with Gasteiger partial charge in [-0.15, -0.1) is 0 Å². The number of amides is 1. The second-order valence-electron chi connectivity index (χ2n) is 6.09. The molecule has 0 saturated heterocycles. The van der Waals surface area contributed by atoms with E-state index in [1.165, 1.54) is 11.8 Å². The van der Waals surface area contributed by atoms with Gasteiger partial charge in [0.05, 0.1) is 32.8 Å². The van der Waals surface area contributed by atoms with Crippen LogP contribution in [0, 0.1) is 0 Å². The minimum atomic E-state index is -0.152. The van der Waals surface area contributed by atoms with Crippen LogP contribution in [-0.2, 0) is 11.3 Å². The zero-order valence-electron chi connectivity index (χ0n) is 16.5.